The molecule has 0 heterocycles. The van der Waals surface area contributed by atoms with Gasteiger partial charge in [-0.1, -0.05) is 0 Å². The molecule has 0 aromatic heterocycles. The van der Waals surface area contributed by atoms with Crippen molar-refractivity contribution in [3.05, 3.63) is 17.7 Å². The Hall–Kier alpha value is -2.24. The molecule has 0 fully saturated rings. The van der Waals surface area contributed by atoms with Crippen molar-refractivity contribution in [2.45, 2.75) is 33.3 Å². The van der Waals surface area contributed by atoms with Crippen molar-refractivity contribution >= 4 is 23.3 Å². The Kier molecular flexibility index (Phi) is 4.60. The maximum atomic E-state index is 11.7. The minimum absolute atomic E-state index is 0.176. The van der Waals surface area contributed by atoms with E-state index in [1.165, 1.54) is 26.2 Å². The lowest BCUT2D eigenvalue weighted by Crippen LogP contribution is -2.27. The second-order valence-electron chi connectivity index (χ2n) is 5.32. The Bertz CT molecular complexity index is 533. The number of nitrogens with one attached hydrogen (secondary N) is 1. The predicted molar refractivity (Wildman–Crippen MR) is 77.3 cm³/mol. The minimum atomic E-state index is -0.620. The Labute approximate surface area is 118 Å². The van der Waals surface area contributed by atoms with Crippen molar-refractivity contribution in [3.8, 4) is 5.75 Å². The zero-order valence-electron chi connectivity index (χ0n) is 12.4. The first-order valence-corrected chi connectivity index (χ1v) is 6.12. The van der Waals surface area contributed by atoms with Crippen LogP contribution < -0.4 is 15.8 Å². The molecule has 0 saturated carbocycles. The zero-order chi connectivity index (χ0) is 15.5. The quantitative estimate of drug-likeness (QED) is 0.656. The van der Waals surface area contributed by atoms with E-state index in [4.69, 9.17) is 15.2 Å². The summed E-state index contributed by atoms with van der Waals surface area (Å²) in [5.74, 6) is 0.167. The van der Waals surface area contributed by atoms with Crippen molar-refractivity contribution in [1.82, 2.24) is 0 Å². The highest BCUT2D eigenvalue weighted by atomic mass is 16.6. The van der Waals surface area contributed by atoms with Gasteiger partial charge < -0.3 is 15.2 Å². The van der Waals surface area contributed by atoms with Crippen molar-refractivity contribution in [1.29, 1.82) is 0 Å². The topological polar surface area (TPSA) is 90.6 Å². The highest BCUT2D eigenvalue weighted by Gasteiger charge is 2.19. The monoisotopic (exact) mass is 280 g/mol. The fraction of sp³-hybridized carbons (Fsp3) is 0.429. The first-order valence-electron chi connectivity index (χ1n) is 6.12. The summed E-state index contributed by atoms with van der Waals surface area (Å²) >= 11 is 0. The third-order valence-electron chi connectivity index (χ3n) is 2.39. The fourth-order valence-corrected chi connectivity index (χ4v) is 1.58. The molecule has 110 valence electrons. The second-order valence-corrected chi connectivity index (χ2v) is 5.32. The van der Waals surface area contributed by atoms with E-state index in [1.54, 1.807) is 20.8 Å². The summed E-state index contributed by atoms with van der Waals surface area (Å²) in [6.45, 7) is 6.69. The molecular formula is C14H20N2O4. The Morgan fingerprint density at radius 1 is 1.25 bits per heavy atom. The number of methoxy groups -OCH3 is 1. The van der Waals surface area contributed by atoms with Crippen LogP contribution in [0.5, 0.6) is 5.75 Å². The lowest BCUT2D eigenvalue weighted by Gasteiger charge is -2.20. The standard InChI is InChI=1S/C14H20N2O4/c1-8(17)9-6-12(19-5)11(7-10(9)15)16-13(18)20-14(2,3)4/h6-7H,15H2,1-5H3,(H,16,18). The van der Waals surface area contributed by atoms with E-state index >= 15 is 0 Å². The molecule has 0 unspecified atom stereocenters. The van der Waals surface area contributed by atoms with Gasteiger partial charge in [0.05, 0.1) is 12.8 Å². The molecule has 0 bridgehead atoms. The van der Waals surface area contributed by atoms with Gasteiger partial charge in [0, 0.05) is 11.3 Å². The number of carbonyl (C=O) groups excluding carboxylic acids is 2. The molecule has 1 amide bonds. The third-order valence-corrected chi connectivity index (χ3v) is 2.39. The number of amides is 1. The Morgan fingerprint density at radius 2 is 1.85 bits per heavy atom. The number of rotatable bonds is 3. The predicted octanol–water partition coefficient (Wildman–Crippen LogP) is 2.83. The van der Waals surface area contributed by atoms with Gasteiger partial charge in [0.2, 0.25) is 0 Å². The summed E-state index contributed by atoms with van der Waals surface area (Å²) in [5.41, 5.74) is 6.13. The molecule has 0 aliphatic carbocycles. The van der Waals surface area contributed by atoms with Gasteiger partial charge in [-0.05, 0) is 39.8 Å². The number of ketones is 1. The highest BCUT2D eigenvalue weighted by molar-refractivity contribution is 6.01. The van der Waals surface area contributed by atoms with E-state index in [2.05, 4.69) is 5.32 Å². The second kappa shape index (κ2) is 5.81. The summed E-state index contributed by atoms with van der Waals surface area (Å²) < 4.78 is 10.3. The van der Waals surface area contributed by atoms with Gasteiger partial charge in [0.25, 0.3) is 0 Å². The molecule has 0 saturated heterocycles. The van der Waals surface area contributed by atoms with Crippen LogP contribution in [0.4, 0.5) is 16.2 Å². The highest BCUT2D eigenvalue weighted by Crippen LogP contribution is 2.30. The fourth-order valence-electron chi connectivity index (χ4n) is 1.58. The molecule has 6 heteroatoms. The smallest absolute Gasteiger partial charge is 0.412 e. The summed E-state index contributed by atoms with van der Waals surface area (Å²) in [4.78, 5) is 23.1. The number of carbonyl (C=O) groups is 2. The molecule has 1 aromatic rings. The molecule has 20 heavy (non-hydrogen) atoms. The lowest BCUT2D eigenvalue weighted by molar-refractivity contribution is 0.0635. The van der Waals surface area contributed by atoms with Crippen LogP contribution in [0.1, 0.15) is 38.1 Å². The maximum Gasteiger partial charge on any atom is 0.412 e. The molecule has 0 aliphatic heterocycles. The third kappa shape index (κ3) is 4.15. The van der Waals surface area contributed by atoms with E-state index < -0.39 is 11.7 Å². The molecule has 0 spiro atoms. The van der Waals surface area contributed by atoms with Crippen LogP contribution in [0, 0.1) is 0 Å². The summed E-state index contributed by atoms with van der Waals surface area (Å²) in [6.07, 6.45) is -0.620. The molecule has 1 aromatic carbocycles. The normalized spacial score (nSPS) is 10.8. The first-order chi connectivity index (χ1) is 9.14. The van der Waals surface area contributed by atoms with E-state index in [9.17, 15) is 9.59 Å². The number of hydrogen-bond donors (Lipinski definition) is 2. The zero-order valence-corrected chi connectivity index (χ0v) is 12.4. The van der Waals surface area contributed by atoms with Crippen LogP contribution in [-0.4, -0.2) is 24.6 Å². The number of ether oxygens (including phenoxy) is 2. The van der Waals surface area contributed by atoms with E-state index in [0.29, 0.717) is 17.0 Å². The summed E-state index contributed by atoms with van der Waals surface area (Å²) in [5, 5.41) is 2.55. The molecule has 6 nitrogen and oxygen atoms in total. The average molecular weight is 280 g/mol. The number of hydrogen-bond acceptors (Lipinski definition) is 5. The SMILES string of the molecule is COc1cc(C(C)=O)c(N)cc1NC(=O)OC(C)(C)C. The van der Waals surface area contributed by atoms with Crippen LogP contribution in [-0.2, 0) is 4.74 Å². The van der Waals surface area contributed by atoms with Gasteiger partial charge in [-0.15, -0.1) is 0 Å². The van der Waals surface area contributed by atoms with E-state index in [1.807, 2.05) is 0 Å². The molecule has 0 aliphatic rings. The Morgan fingerprint density at radius 3 is 2.30 bits per heavy atom. The molecule has 0 atom stereocenters. The average Bonchev–Trinajstić information content (AvgIpc) is 2.25. The van der Waals surface area contributed by atoms with Gasteiger partial charge in [-0.3, -0.25) is 10.1 Å². The van der Waals surface area contributed by atoms with Gasteiger partial charge in [-0.2, -0.15) is 0 Å². The van der Waals surface area contributed by atoms with Crippen molar-refractivity contribution in [3.63, 3.8) is 0 Å². The number of anilines is 2. The number of benzene rings is 1. The van der Waals surface area contributed by atoms with Crippen LogP contribution in [0.25, 0.3) is 0 Å². The molecule has 1 rings (SSSR count). The van der Waals surface area contributed by atoms with Crippen molar-refractivity contribution in [2.24, 2.45) is 0 Å². The Balaban J connectivity index is 3.04. The van der Waals surface area contributed by atoms with E-state index in [-0.39, 0.29) is 11.5 Å². The van der Waals surface area contributed by atoms with Gasteiger partial charge in [0.15, 0.2) is 5.78 Å². The lowest BCUT2D eigenvalue weighted by atomic mass is 10.1. The van der Waals surface area contributed by atoms with Crippen molar-refractivity contribution < 1.29 is 19.1 Å². The van der Waals surface area contributed by atoms with Crippen molar-refractivity contribution in [2.75, 3.05) is 18.2 Å². The number of Topliss-reactive ketones (excluding diaryl/α,β-unsaturated/α-hetero) is 1. The van der Waals surface area contributed by atoms with Gasteiger partial charge in [0.1, 0.15) is 11.4 Å². The minimum Gasteiger partial charge on any atom is -0.495 e. The maximum absolute atomic E-state index is 11.7. The van der Waals surface area contributed by atoms with Crippen LogP contribution in [0.3, 0.4) is 0 Å². The van der Waals surface area contributed by atoms with Gasteiger partial charge >= 0.3 is 6.09 Å². The number of nitrogens with two attached hydrogens (primary N) is 1. The molecular weight excluding hydrogens is 260 g/mol. The number of nitrogen functional groups attached to an aromatic ring is 1. The van der Waals surface area contributed by atoms with Crippen LogP contribution >= 0.6 is 0 Å². The molecule has 0 radical (unpaired) electrons. The summed E-state index contributed by atoms with van der Waals surface area (Å²) in [6, 6.07) is 2.96. The van der Waals surface area contributed by atoms with E-state index in [0.717, 1.165) is 0 Å². The van der Waals surface area contributed by atoms with Crippen LogP contribution in [0.2, 0.25) is 0 Å². The van der Waals surface area contributed by atoms with Crippen LogP contribution in [0.15, 0.2) is 12.1 Å². The molecule has 3 N–H and O–H groups in total. The largest absolute Gasteiger partial charge is 0.495 e. The first kappa shape index (κ1) is 15.8. The summed E-state index contributed by atoms with van der Waals surface area (Å²) in [7, 11) is 1.44. The van der Waals surface area contributed by atoms with Gasteiger partial charge in [-0.25, -0.2) is 4.79 Å².